The molecule has 102 valence electrons. The number of benzene rings is 1. The molecule has 0 aliphatic heterocycles. The summed E-state index contributed by atoms with van der Waals surface area (Å²) in [5.74, 6) is 0.120. The molecule has 1 atom stereocenters. The first kappa shape index (κ1) is 15.6. The molecule has 0 saturated carbocycles. The summed E-state index contributed by atoms with van der Waals surface area (Å²) in [4.78, 5) is 0.216. The van der Waals surface area contributed by atoms with Crippen LogP contribution in [0, 0.1) is 5.92 Å². The van der Waals surface area contributed by atoms with E-state index in [0.717, 1.165) is 0 Å². The van der Waals surface area contributed by atoms with Crippen molar-refractivity contribution in [1.82, 2.24) is 4.72 Å². The van der Waals surface area contributed by atoms with Crippen LogP contribution in [0.3, 0.4) is 0 Å². The van der Waals surface area contributed by atoms with Gasteiger partial charge in [-0.3, -0.25) is 0 Å². The molecule has 0 aliphatic rings. The zero-order chi connectivity index (χ0) is 13.8. The zero-order valence-corrected chi connectivity index (χ0v) is 12.8. The number of halogens is 1. The van der Waals surface area contributed by atoms with Gasteiger partial charge in [0.2, 0.25) is 10.0 Å². The fraction of sp³-hybridized carbons (Fsp3) is 0.500. The van der Waals surface area contributed by atoms with E-state index in [1.54, 1.807) is 24.3 Å². The van der Waals surface area contributed by atoms with Gasteiger partial charge in [-0.25, -0.2) is 13.1 Å². The van der Waals surface area contributed by atoms with Crippen LogP contribution in [0.15, 0.2) is 33.6 Å². The summed E-state index contributed by atoms with van der Waals surface area (Å²) in [6.45, 7) is 3.80. The molecule has 1 aromatic carbocycles. The van der Waals surface area contributed by atoms with E-state index in [-0.39, 0.29) is 23.5 Å². The van der Waals surface area contributed by atoms with Crippen molar-refractivity contribution in [2.24, 2.45) is 5.92 Å². The average Bonchev–Trinajstić information content (AvgIpc) is 2.28. The predicted octanol–water partition coefficient (Wildman–Crippen LogP) is 2.13. The van der Waals surface area contributed by atoms with E-state index < -0.39 is 10.0 Å². The van der Waals surface area contributed by atoms with Crippen LogP contribution < -0.4 is 4.72 Å². The van der Waals surface area contributed by atoms with Gasteiger partial charge in [-0.2, -0.15) is 0 Å². The van der Waals surface area contributed by atoms with E-state index >= 15 is 0 Å². The van der Waals surface area contributed by atoms with E-state index in [2.05, 4.69) is 20.7 Å². The molecule has 0 radical (unpaired) electrons. The molecule has 0 fully saturated rings. The first-order chi connectivity index (χ1) is 8.38. The van der Waals surface area contributed by atoms with Crippen molar-refractivity contribution in [1.29, 1.82) is 0 Å². The molecular weight excluding hydrogens is 318 g/mol. The Balaban J connectivity index is 2.97. The van der Waals surface area contributed by atoms with Gasteiger partial charge in [0.1, 0.15) is 0 Å². The summed E-state index contributed by atoms with van der Waals surface area (Å²) in [5, 5.41) is 8.96. The minimum Gasteiger partial charge on any atom is -0.396 e. The number of aliphatic hydroxyl groups excluding tert-OH is 1. The van der Waals surface area contributed by atoms with E-state index in [1.165, 1.54) is 0 Å². The molecule has 2 N–H and O–H groups in total. The van der Waals surface area contributed by atoms with Crippen molar-refractivity contribution >= 4 is 26.0 Å². The van der Waals surface area contributed by atoms with Crippen LogP contribution in [0.4, 0.5) is 0 Å². The van der Waals surface area contributed by atoms with Gasteiger partial charge in [0, 0.05) is 17.1 Å². The van der Waals surface area contributed by atoms with Gasteiger partial charge < -0.3 is 5.11 Å². The molecule has 0 aromatic heterocycles. The molecule has 0 amide bonds. The minimum atomic E-state index is -3.57. The fourth-order valence-corrected chi connectivity index (χ4v) is 4.01. The molecule has 0 aliphatic carbocycles. The summed E-state index contributed by atoms with van der Waals surface area (Å²) >= 11 is 3.23. The van der Waals surface area contributed by atoms with Crippen molar-refractivity contribution in [3.63, 3.8) is 0 Å². The third-order valence-corrected chi connectivity index (χ3v) is 5.18. The second-order valence-corrected chi connectivity index (χ2v) is 6.95. The third-order valence-electron chi connectivity index (χ3n) is 2.68. The summed E-state index contributed by atoms with van der Waals surface area (Å²) in [6.07, 6.45) is 0.404. The first-order valence-corrected chi connectivity index (χ1v) is 8.04. The lowest BCUT2D eigenvalue weighted by Crippen LogP contribution is -2.39. The van der Waals surface area contributed by atoms with E-state index in [0.29, 0.717) is 10.9 Å². The monoisotopic (exact) mass is 335 g/mol. The quantitative estimate of drug-likeness (QED) is 0.836. The maximum atomic E-state index is 12.2. The largest absolute Gasteiger partial charge is 0.396 e. The number of aliphatic hydroxyl groups is 1. The Morgan fingerprint density at radius 1 is 1.33 bits per heavy atom. The average molecular weight is 336 g/mol. The lowest BCUT2D eigenvalue weighted by atomic mass is 10.0. The lowest BCUT2D eigenvalue weighted by molar-refractivity contribution is 0.256. The van der Waals surface area contributed by atoms with Gasteiger partial charge in [-0.1, -0.05) is 26.0 Å². The molecule has 18 heavy (non-hydrogen) atoms. The Hall–Kier alpha value is -0.430. The number of nitrogens with one attached hydrogen (secondary N) is 1. The van der Waals surface area contributed by atoms with Crippen molar-refractivity contribution in [3.05, 3.63) is 28.7 Å². The summed E-state index contributed by atoms with van der Waals surface area (Å²) in [5.41, 5.74) is 0. The number of sulfonamides is 1. The maximum absolute atomic E-state index is 12.2. The molecule has 0 bridgehead atoms. The molecule has 0 spiro atoms. The topological polar surface area (TPSA) is 66.4 Å². The number of hydrogen-bond donors (Lipinski definition) is 2. The second-order valence-electron chi connectivity index (χ2n) is 4.41. The van der Waals surface area contributed by atoms with Gasteiger partial charge in [-0.05, 0) is 40.4 Å². The molecule has 0 heterocycles. The van der Waals surface area contributed by atoms with Crippen LogP contribution >= 0.6 is 15.9 Å². The highest BCUT2D eigenvalue weighted by atomic mass is 79.9. The van der Waals surface area contributed by atoms with Crippen LogP contribution in [-0.2, 0) is 10.0 Å². The van der Waals surface area contributed by atoms with Crippen LogP contribution in [0.2, 0.25) is 0 Å². The van der Waals surface area contributed by atoms with E-state index in [9.17, 15) is 8.42 Å². The fourth-order valence-electron chi connectivity index (χ4n) is 1.59. The Morgan fingerprint density at radius 3 is 2.44 bits per heavy atom. The summed E-state index contributed by atoms with van der Waals surface area (Å²) < 4.78 is 27.6. The van der Waals surface area contributed by atoms with Crippen LogP contribution in [0.5, 0.6) is 0 Å². The standard InChI is InChI=1S/C12H18BrNO3S/c1-9(2)11(7-8-15)14-18(16,17)12-6-4-3-5-10(12)13/h3-6,9,11,14-15H,7-8H2,1-2H3. The highest BCUT2D eigenvalue weighted by Crippen LogP contribution is 2.22. The second kappa shape index (κ2) is 6.65. The Labute approximate surface area is 117 Å². The maximum Gasteiger partial charge on any atom is 0.241 e. The van der Waals surface area contributed by atoms with Crippen LogP contribution in [-0.4, -0.2) is 26.2 Å². The van der Waals surface area contributed by atoms with E-state index in [1.807, 2.05) is 13.8 Å². The van der Waals surface area contributed by atoms with Crippen molar-refractivity contribution in [3.8, 4) is 0 Å². The molecular formula is C12H18BrNO3S. The summed E-state index contributed by atoms with van der Waals surface area (Å²) in [7, 11) is -3.57. The van der Waals surface area contributed by atoms with Gasteiger partial charge in [-0.15, -0.1) is 0 Å². The normalized spacial score (nSPS) is 13.8. The van der Waals surface area contributed by atoms with E-state index in [4.69, 9.17) is 5.11 Å². The molecule has 1 unspecified atom stereocenters. The van der Waals surface area contributed by atoms with Gasteiger partial charge in [0.15, 0.2) is 0 Å². The van der Waals surface area contributed by atoms with Crippen LogP contribution in [0.1, 0.15) is 20.3 Å². The van der Waals surface area contributed by atoms with Crippen molar-refractivity contribution in [2.75, 3.05) is 6.61 Å². The van der Waals surface area contributed by atoms with Crippen molar-refractivity contribution in [2.45, 2.75) is 31.2 Å². The molecule has 1 rings (SSSR count). The Bertz CT molecular complexity index is 488. The Kier molecular flexibility index (Phi) is 5.78. The first-order valence-electron chi connectivity index (χ1n) is 5.76. The number of rotatable bonds is 6. The zero-order valence-electron chi connectivity index (χ0n) is 10.4. The van der Waals surface area contributed by atoms with Gasteiger partial charge in [0.25, 0.3) is 0 Å². The molecule has 4 nitrogen and oxygen atoms in total. The third kappa shape index (κ3) is 4.05. The van der Waals surface area contributed by atoms with Crippen molar-refractivity contribution < 1.29 is 13.5 Å². The lowest BCUT2D eigenvalue weighted by Gasteiger charge is -2.21. The highest BCUT2D eigenvalue weighted by Gasteiger charge is 2.23. The molecule has 0 saturated heterocycles. The van der Waals surface area contributed by atoms with Gasteiger partial charge in [0.05, 0.1) is 4.90 Å². The van der Waals surface area contributed by atoms with Crippen LogP contribution in [0.25, 0.3) is 0 Å². The summed E-state index contributed by atoms with van der Waals surface area (Å²) in [6, 6.07) is 6.40. The minimum absolute atomic E-state index is 0.0404. The van der Waals surface area contributed by atoms with Gasteiger partial charge >= 0.3 is 0 Å². The molecule has 1 aromatic rings. The predicted molar refractivity (Wildman–Crippen MR) is 74.8 cm³/mol. The SMILES string of the molecule is CC(C)C(CCO)NS(=O)(=O)c1ccccc1Br. The Morgan fingerprint density at radius 2 is 1.94 bits per heavy atom. The number of hydrogen-bond acceptors (Lipinski definition) is 3. The highest BCUT2D eigenvalue weighted by molar-refractivity contribution is 9.10. The molecule has 6 heteroatoms. The smallest absolute Gasteiger partial charge is 0.241 e.